The first-order valence-corrected chi connectivity index (χ1v) is 11.0. The topological polar surface area (TPSA) is 235 Å². The van der Waals surface area contributed by atoms with Gasteiger partial charge in [0, 0.05) is 6.54 Å². The van der Waals surface area contributed by atoms with Gasteiger partial charge in [-0.3, -0.25) is 24.2 Å². The summed E-state index contributed by atoms with van der Waals surface area (Å²) >= 11 is 1.43. The van der Waals surface area contributed by atoms with E-state index < -0.39 is 54.5 Å². The largest absolute Gasteiger partial charge is 0.480 e. The Morgan fingerprint density at radius 1 is 1.06 bits per heavy atom. The van der Waals surface area contributed by atoms with Gasteiger partial charge in [-0.2, -0.15) is 11.8 Å². The summed E-state index contributed by atoms with van der Waals surface area (Å²) in [6.45, 7) is 0.984. The van der Waals surface area contributed by atoms with Crippen LogP contribution < -0.4 is 33.2 Å². The van der Waals surface area contributed by atoms with E-state index in [-0.39, 0.29) is 25.3 Å². The zero-order chi connectivity index (χ0) is 24.0. The Morgan fingerprint density at radius 3 is 2.23 bits per heavy atom. The number of hydrogen-bond donors (Lipinski definition) is 8. The Hall–Kier alpha value is -2.58. The average molecular weight is 464 g/mol. The van der Waals surface area contributed by atoms with Gasteiger partial charge in [-0.25, -0.2) is 0 Å². The number of nitrogens with one attached hydrogen (secondary N) is 3. The lowest BCUT2D eigenvalue weighted by Gasteiger charge is -2.25. The molecule has 0 saturated heterocycles. The Bertz CT molecular complexity index is 642. The van der Waals surface area contributed by atoms with Crippen molar-refractivity contribution in [2.24, 2.45) is 22.2 Å². The number of carboxylic acids is 1. The van der Waals surface area contributed by atoms with Crippen molar-refractivity contribution in [2.45, 2.75) is 50.4 Å². The van der Waals surface area contributed by atoms with E-state index in [9.17, 15) is 24.3 Å². The van der Waals surface area contributed by atoms with Gasteiger partial charge >= 0.3 is 5.97 Å². The number of rotatable bonds is 15. The number of nitrogens with two attached hydrogens (primary N) is 3. The predicted octanol–water partition coefficient (Wildman–Crippen LogP) is -3.33. The van der Waals surface area contributed by atoms with E-state index in [1.54, 1.807) is 6.26 Å². The lowest BCUT2D eigenvalue weighted by molar-refractivity contribution is -0.138. The van der Waals surface area contributed by atoms with E-state index >= 15 is 0 Å². The first kappa shape index (κ1) is 28.4. The molecule has 0 aliphatic carbocycles. The first-order chi connectivity index (χ1) is 14.5. The van der Waals surface area contributed by atoms with Crippen LogP contribution in [0.1, 0.15) is 26.2 Å². The zero-order valence-corrected chi connectivity index (χ0v) is 18.5. The molecule has 0 bridgehead atoms. The number of aliphatic imine (C=N–C) groups is 1. The summed E-state index contributed by atoms with van der Waals surface area (Å²) in [6, 6.07) is -3.36. The standard InChI is InChI=1S/C17H33N7O6S/c1-9(25)13(24-14(28)10(18)4-3-6-21-17(19)20)16(30)23-11(5-7-31-2)15(29)22-8-12(26)27/h9-11,13,25H,3-8,18H2,1-2H3,(H,22,29)(H,23,30)(H,24,28)(H,26,27)(H4,19,20,21). The molecule has 0 radical (unpaired) electrons. The van der Waals surface area contributed by atoms with Crippen molar-refractivity contribution in [3.05, 3.63) is 0 Å². The molecule has 0 aromatic heterocycles. The van der Waals surface area contributed by atoms with Crippen LogP contribution in [-0.2, 0) is 19.2 Å². The van der Waals surface area contributed by atoms with Crippen LogP contribution in [0.25, 0.3) is 0 Å². The molecule has 4 atom stereocenters. The highest BCUT2D eigenvalue weighted by molar-refractivity contribution is 7.98. The number of aliphatic carboxylic acids is 1. The molecular weight excluding hydrogens is 430 g/mol. The quantitative estimate of drug-likeness (QED) is 0.0683. The van der Waals surface area contributed by atoms with E-state index in [0.29, 0.717) is 12.2 Å². The van der Waals surface area contributed by atoms with Gasteiger partial charge < -0.3 is 43.4 Å². The second kappa shape index (κ2) is 15.3. The number of aliphatic hydroxyl groups is 1. The van der Waals surface area contributed by atoms with Crippen LogP contribution in [-0.4, -0.2) is 89.2 Å². The van der Waals surface area contributed by atoms with Gasteiger partial charge in [0.1, 0.15) is 18.6 Å². The van der Waals surface area contributed by atoms with Gasteiger partial charge in [0.15, 0.2) is 5.96 Å². The number of nitrogens with zero attached hydrogens (tertiary/aromatic N) is 1. The van der Waals surface area contributed by atoms with Crippen LogP contribution in [0, 0.1) is 0 Å². The number of amides is 3. The van der Waals surface area contributed by atoms with Crippen LogP contribution in [0.4, 0.5) is 0 Å². The van der Waals surface area contributed by atoms with Crippen molar-refractivity contribution in [2.75, 3.05) is 25.1 Å². The molecule has 0 aliphatic rings. The molecule has 3 amide bonds. The monoisotopic (exact) mass is 463 g/mol. The number of carboxylic acid groups (broad SMARTS) is 1. The van der Waals surface area contributed by atoms with Crippen molar-refractivity contribution >= 4 is 41.4 Å². The minimum absolute atomic E-state index is 0.0766. The summed E-state index contributed by atoms with van der Waals surface area (Å²) < 4.78 is 0. The molecule has 4 unspecified atom stereocenters. The minimum atomic E-state index is -1.36. The second-order valence-electron chi connectivity index (χ2n) is 6.74. The Balaban J connectivity index is 5.00. The van der Waals surface area contributed by atoms with Gasteiger partial charge in [-0.05, 0) is 38.2 Å². The fraction of sp³-hybridized carbons (Fsp3) is 0.706. The van der Waals surface area contributed by atoms with Crippen molar-refractivity contribution < 1.29 is 29.4 Å². The Labute approximate surface area is 185 Å². The zero-order valence-electron chi connectivity index (χ0n) is 17.7. The molecule has 31 heavy (non-hydrogen) atoms. The highest BCUT2D eigenvalue weighted by Gasteiger charge is 2.30. The molecule has 0 rings (SSSR count). The third-order valence-electron chi connectivity index (χ3n) is 4.02. The molecule has 0 spiro atoms. The van der Waals surface area contributed by atoms with Crippen LogP contribution in [0.2, 0.25) is 0 Å². The molecule has 0 fully saturated rings. The summed E-state index contributed by atoms with van der Waals surface area (Å²) in [4.78, 5) is 51.6. The number of guanidine groups is 1. The Morgan fingerprint density at radius 2 is 1.71 bits per heavy atom. The lowest BCUT2D eigenvalue weighted by Crippen LogP contribution is -2.59. The number of thioether (sulfide) groups is 1. The van der Waals surface area contributed by atoms with Crippen LogP contribution in [0.15, 0.2) is 4.99 Å². The molecule has 0 heterocycles. The van der Waals surface area contributed by atoms with Gasteiger partial charge in [0.2, 0.25) is 17.7 Å². The van der Waals surface area contributed by atoms with Gasteiger partial charge in [-0.15, -0.1) is 0 Å². The average Bonchev–Trinajstić information content (AvgIpc) is 2.69. The second-order valence-corrected chi connectivity index (χ2v) is 7.72. The van der Waals surface area contributed by atoms with Crippen molar-refractivity contribution in [1.29, 1.82) is 0 Å². The normalized spacial score (nSPS) is 14.5. The molecule has 178 valence electrons. The molecule has 0 aromatic rings. The maximum Gasteiger partial charge on any atom is 0.322 e. The third kappa shape index (κ3) is 12.7. The van der Waals surface area contributed by atoms with Crippen molar-refractivity contribution in [3.63, 3.8) is 0 Å². The van der Waals surface area contributed by atoms with Crippen molar-refractivity contribution in [3.8, 4) is 0 Å². The van der Waals surface area contributed by atoms with Crippen LogP contribution >= 0.6 is 11.8 Å². The summed E-state index contributed by atoms with van der Waals surface area (Å²) in [5.41, 5.74) is 16.2. The summed E-state index contributed by atoms with van der Waals surface area (Å²) in [7, 11) is 0. The summed E-state index contributed by atoms with van der Waals surface area (Å²) in [5, 5.41) is 25.7. The van der Waals surface area contributed by atoms with E-state index in [4.69, 9.17) is 22.3 Å². The van der Waals surface area contributed by atoms with Gasteiger partial charge in [-0.1, -0.05) is 0 Å². The number of carbonyl (C=O) groups is 4. The van der Waals surface area contributed by atoms with Gasteiger partial charge in [0.25, 0.3) is 0 Å². The SMILES string of the molecule is CSCCC(NC(=O)C(NC(=O)C(N)CCCN=C(N)N)C(C)O)C(=O)NCC(=O)O. The lowest BCUT2D eigenvalue weighted by atomic mass is 10.1. The molecule has 13 nitrogen and oxygen atoms in total. The fourth-order valence-electron chi connectivity index (χ4n) is 2.37. The van der Waals surface area contributed by atoms with E-state index in [1.165, 1.54) is 18.7 Å². The molecule has 11 N–H and O–H groups in total. The van der Waals surface area contributed by atoms with E-state index in [2.05, 4.69) is 20.9 Å². The van der Waals surface area contributed by atoms with E-state index in [0.717, 1.165) is 0 Å². The summed E-state index contributed by atoms with van der Waals surface area (Å²) in [6.07, 6.45) is 1.43. The number of aliphatic hydroxyl groups excluding tert-OH is 1. The number of hydrogen-bond acceptors (Lipinski definition) is 8. The van der Waals surface area contributed by atoms with Crippen LogP contribution in [0.5, 0.6) is 0 Å². The third-order valence-corrected chi connectivity index (χ3v) is 4.67. The molecule has 0 aliphatic heterocycles. The number of carbonyl (C=O) groups excluding carboxylic acids is 3. The fourth-order valence-corrected chi connectivity index (χ4v) is 2.84. The van der Waals surface area contributed by atoms with Crippen LogP contribution in [0.3, 0.4) is 0 Å². The Kier molecular flexibility index (Phi) is 14.0. The van der Waals surface area contributed by atoms with Gasteiger partial charge in [0.05, 0.1) is 12.1 Å². The van der Waals surface area contributed by atoms with E-state index in [1.807, 2.05) is 0 Å². The maximum absolute atomic E-state index is 12.6. The first-order valence-electron chi connectivity index (χ1n) is 9.57. The molecule has 0 aromatic carbocycles. The molecular formula is C17H33N7O6S. The molecule has 14 heteroatoms. The van der Waals surface area contributed by atoms with Crippen molar-refractivity contribution in [1.82, 2.24) is 16.0 Å². The maximum atomic E-state index is 12.6. The predicted molar refractivity (Wildman–Crippen MR) is 117 cm³/mol. The minimum Gasteiger partial charge on any atom is -0.480 e. The smallest absolute Gasteiger partial charge is 0.322 e. The summed E-state index contributed by atoms with van der Waals surface area (Å²) in [5.74, 6) is -2.94. The highest BCUT2D eigenvalue weighted by atomic mass is 32.2. The highest BCUT2D eigenvalue weighted by Crippen LogP contribution is 2.04. The molecule has 0 saturated carbocycles.